The maximum atomic E-state index is 12.0. The number of nitrogens with zero attached hydrogens (tertiary/aromatic N) is 1. The number of likely N-dealkylation sites (tertiary alicyclic amines) is 1. The van der Waals surface area contributed by atoms with Crippen LogP contribution in [0.4, 0.5) is 0 Å². The molecule has 1 heterocycles. The Labute approximate surface area is 114 Å². The van der Waals surface area contributed by atoms with Crippen LogP contribution in [-0.2, 0) is 14.3 Å². The molecule has 6 nitrogen and oxygen atoms in total. The largest absolute Gasteiger partial charge is 0.480 e. The lowest BCUT2D eigenvalue weighted by Crippen LogP contribution is -2.54. The number of rotatable bonds is 7. The van der Waals surface area contributed by atoms with Gasteiger partial charge < -0.3 is 15.2 Å². The normalized spacial score (nSPS) is 21.9. The number of ether oxygens (including phenoxy) is 1. The second kappa shape index (κ2) is 8.12. The summed E-state index contributed by atoms with van der Waals surface area (Å²) in [6.07, 6.45) is 3.24. The van der Waals surface area contributed by atoms with Gasteiger partial charge in [0.1, 0.15) is 6.04 Å². The van der Waals surface area contributed by atoms with Gasteiger partial charge in [0.15, 0.2) is 0 Å². The van der Waals surface area contributed by atoms with E-state index in [1.807, 2.05) is 0 Å². The van der Waals surface area contributed by atoms with Gasteiger partial charge >= 0.3 is 5.97 Å². The zero-order valence-electron chi connectivity index (χ0n) is 11.7. The van der Waals surface area contributed by atoms with Gasteiger partial charge in [-0.05, 0) is 32.7 Å². The Morgan fingerprint density at radius 2 is 2.21 bits per heavy atom. The Morgan fingerprint density at radius 3 is 2.84 bits per heavy atom. The van der Waals surface area contributed by atoms with Crippen molar-refractivity contribution in [1.29, 1.82) is 0 Å². The van der Waals surface area contributed by atoms with E-state index in [9.17, 15) is 14.7 Å². The molecule has 0 aromatic carbocycles. The highest BCUT2D eigenvalue weighted by Crippen LogP contribution is 2.19. The van der Waals surface area contributed by atoms with Crippen molar-refractivity contribution in [2.45, 2.75) is 44.7 Å². The van der Waals surface area contributed by atoms with Crippen molar-refractivity contribution in [3.05, 3.63) is 0 Å². The van der Waals surface area contributed by atoms with Crippen LogP contribution >= 0.6 is 0 Å². The smallest absolute Gasteiger partial charge is 0.320 e. The van der Waals surface area contributed by atoms with Gasteiger partial charge in [-0.2, -0.15) is 0 Å². The zero-order valence-corrected chi connectivity index (χ0v) is 11.7. The Balaban J connectivity index is 2.46. The minimum atomic E-state index is -0.835. The summed E-state index contributed by atoms with van der Waals surface area (Å²) in [5.41, 5.74) is 0. The van der Waals surface area contributed by atoms with E-state index in [1.54, 1.807) is 18.9 Å². The van der Waals surface area contributed by atoms with Crippen LogP contribution in [0.15, 0.2) is 0 Å². The number of piperidine rings is 1. The highest BCUT2D eigenvalue weighted by molar-refractivity contribution is 5.82. The Bertz CT molecular complexity index is 309. The van der Waals surface area contributed by atoms with Crippen LogP contribution in [0.3, 0.4) is 0 Å². The minimum absolute atomic E-state index is 0.107. The van der Waals surface area contributed by atoms with E-state index >= 15 is 0 Å². The van der Waals surface area contributed by atoms with Gasteiger partial charge in [-0.15, -0.1) is 0 Å². The molecular weight excluding hydrogens is 248 g/mol. The van der Waals surface area contributed by atoms with Gasteiger partial charge in [0.05, 0.1) is 6.04 Å². The summed E-state index contributed by atoms with van der Waals surface area (Å²) >= 11 is 0. The fraction of sp³-hybridized carbons (Fsp3) is 0.846. The van der Waals surface area contributed by atoms with Crippen molar-refractivity contribution in [1.82, 2.24) is 10.2 Å². The van der Waals surface area contributed by atoms with E-state index in [1.165, 1.54) is 0 Å². The van der Waals surface area contributed by atoms with E-state index in [0.29, 0.717) is 26.1 Å². The van der Waals surface area contributed by atoms with Crippen molar-refractivity contribution in [2.24, 2.45) is 0 Å². The molecule has 6 heteroatoms. The first-order valence-corrected chi connectivity index (χ1v) is 6.83. The van der Waals surface area contributed by atoms with E-state index in [-0.39, 0.29) is 5.91 Å². The summed E-state index contributed by atoms with van der Waals surface area (Å²) in [5, 5.41) is 12.0. The van der Waals surface area contributed by atoms with E-state index in [0.717, 1.165) is 19.3 Å². The molecule has 1 aliphatic rings. The highest BCUT2D eigenvalue weighted by Gasteiger charge is 2.34. The molecule has 19 heavy (non-hydrogen) atoms. The number of hydrogen-bond donors (Lipinski definition) is 2. The molecule has 1 rings (SSSR count). The third kappa shape index (κ3) is 4.80. The van der Waals surface area contributed by atoms with Gasteiger partial charge in [-0.3, -0.25) is 14.5 Å². The summed E-state index contributed by atoms with van der Waals surface area (Å²) in [6, 6.07) is -0.933. The third-order valence-electron chi connectivity index (χ3n) is 3.53. The molecule has 0 bridgehead atoms. The molecule has 0 aliphatic carbocycles. The molecule has 2 atom stereocenters. The van der Waals surface area contributed by atoms with Crippen LogP contribution in [0, 0.1) is 0 Å². The number of amides is 1. The molecule has 1 saturated heterocycles. The van der Waals surface area contributed by atoms with Crippen LogP contribution in [0.1, 0.15) is 32.6 Å². The predicted octanol–water partition coefficient (Wildman–Crippen LogP) is 0.467. The maximum absolute atomic E-state index is 12.0. The fourth-order valence-electron chi connectivity index (χ4n) is 2.41. The summed E-state index contributed by atoms with van der Waals surface area (Å²) in [6.45, 7) is 3.61. The predicted molar refractivity (Wildman–Crippen MR) is 70.9 cm³/mol. The van der Waals surface area contributed by atoms with Gasteiger partial charge in [0.2, 0.25) is 5.91 Å². The lowest BCUT2D eigenvalue weighted by atomic mass is 10.00. The molecule has 110 valence electrons. The standard InChI is InChI=1S/C13H24N2O4/c1-10(12(16)14-7-5-9-19-2)15-8-4-3-6-11(15)13(17)18/h10-11H,3-9H2,1-2H3,(H,14,16)(H,17,18). The van der Waals surface area contributed by atoms with E-state index < -0.39 is 18.1 Å². The number of carbonyl (C=O) groups excluding carboxylic acids is 1. The van der Waals surface area contributed by atoms with E-state index in [4.69, 9.17) is 4.74 Å². The summed E-state index contributed by atoms with van der Waals surface area (Å²) in [5.74, 6) is -0.942. The van der Waals surface area contributed by atoms with Crippen LogP contribution in [0.2, 0.25) is 0 Å². The van der Waals surface area contributed by atoms with Gasteiger partial charge in [-0.25, -0.2) is 0 Å². The summed E-state index contributed by atoms with van der Waals surface area (Å²) < 4.78 is 4.91. The molecular formula is C13H24N2O4. The SMILES string of the molecule is COCCCNC(=O)C(C)N1CCCCC1C(=O)O. The van der Waals surface area contributed by atoms with Crippen molar-refractivity contribution in [3.8, 4) is 0 Å². The molecule has 0 aromatic rings. The number of carboxylic acid groups (broad SMARTS) is 1. The third-order valence-corrected chi connectivity index (χ3v) is 3.53. The molecule has 0 radical (unpaired) electrons. The first-order chi connectivity index (χ1) is 9.07. The Kier molecular flexibility index (Phi) is 6.80. The number of methoxy groups -OCH3 is 1. The van der Waals surface area contributed by atoms with Gasteiger partial charge in [-0.1, -0.05) is 6.42 Å². The minimum Gasteiger partial charge on any atom is -0.480 e. The highest BCUT2D eigenvalue weighted by atomic mass is 16.5. The maximum Gasteiger partial charge on any atom is 0.320 e. The van der Waals surface area contributed by atoms with Crippen LogP contribution in [-0.4, -0.2) is 60.8 Å². The van der Waals surface area contributed by atoms with Gasteiger partial charge in [0, 0.05) is 20.3 Å². The van der Waals surface area contributed by atoms with E-state index in [2.05, 4.69) is 5.32 Å². The van der Waals surface area contributed by atoms with Crippen molar-refractivity contribution < 1.29 is 19.4 Å². The number of carbonyl (C=O) groups is 2. The average Bonchev–Trinajstić information content (AvgIpc) is 2.42. The topological polar surface area (TPSA) is 78.9 Å². The zero-order chi connectivity index (χ0) is 14.3. The summed E-state index contributed by atoms with van der Waals surface area (Å²) in [4.78, 5) is 25.0. The first kappa shape index (κ1) is 15.9. The molecule has 0 saturated carbocycles. The van der Waals surface area contributed by atoms with Crippen molar-refractivity contribution in [3.63, 3.8) is 0 Å². The number of aliphatic carboxylic acids is 1. The number of carboxylic acids is 1. The Hall–Kier alpha value is -1.14. The number of hydrogen-bond acceptors (Lipinski definition) is 4. The van der Waals surface area contributed by atoms with Crippen molar-refractivity contribution >= 4 is 11.9 Å². The molecule has 2 N–H and O–H groups in total. The second-order valence-electron chi connectivity index (χ2n) is 4.90. The molecule has 1 fully saturated rings. The monoisotopic (exact) mass is 272 g/mol. The lowest BCUT2D eigenvalue weighted by Gasteiger charge is -2.36. The number of nitrogens with one attached hydrogen (secondary N) is 1. The molecule has 2 unspecified atom stereocenters. The first-order valence-electron chi connectivity index (χ1n) is 6.83. The average molecular weight is 272 g/mol. The van der Waals surface area contributed by atoms with Crippen LogP contribution in [0.25, 0.3) is 0 Å². The van der Waals surface area contributed by atoms with Crippen LogP contribution in [0.5, 0.6) is 0 Å². The molecule has 0 spiro atoms. The Morgan fingerprint density at radius 1 is 1.47 bits per heavy atom. The van der Waals surface area contributed by atoms with Crippen molar-refractivity contribution in [2.75, 3.05) is 26.8 Å². The van der Waals surface area contributed by atoms with Gasteiger partial charge in [0.25, 0.3) is 0 Å². The molecule has 1 aliphatic heterocycles. The lowest BCUT2D eigenvalue weighted by molar-refractivity contribution is -0.147. The molecule has 1 amide bonds. The fourth-order valence-corrected chi connectivity index (χ4v) is 2.41. The van der Waals surface area contributed by atoms with Crippen LogP contribution < -0.4 is 5.32 Å². The second-order valence-corrected chi connectivity index (χ2v) is 4.90. The quantitative estimate of drug-likeness (QED) is 0.659. The molecule has 0 aromatic heterocycles. The summed E-state index contributed by atoms with van der Waals surface area (Å²) in [7, 11) is 1.62.